The zero-order chi connectivity index (χ0) is 15.7. The first-order valence-corrected chi connectivity index (χ1v) is 9.08. The normalized spacial score (nSPS) is 28.0. The lowest BCUT2D eigenvalue weighted by Gasteiger charge is -2.46. The SMILES string of the molecule is CCCN1C[C@@H](C(=O)OCC)C[C@H]2Cc3nc(N)sc3C[C@@H]21. The van der Waals surface area contributed by atoms with E-state index in [1.54, 1.807) is 11.3 Å². The molecule has 0 saturated carbocycles. The molecule has 3 rings (SSSR count). The number of anilines is 1. The van der Waals surface area contributed by atoms with E-state index < -0.39 is 0 Å². The first-order chi connectivity index (χ1) is 10.6. The molecule has 1 aromatic heterocycles. The van der Waals surface area contributed by atoms with Crippen molar-refractivity contribution in [3.63, 3.8) is 0 Å². The van der Waals surface area contributed by atoms with Crippen molar-refractivity contribution in [1.29, 1.82) is 0 Å². The molecule has 3 atom stereocenters. The number of likely N-dealkylation sites (tertiary alicyclic amines) is 1. The number of aromatic nitrogens is 1. The van der Waals surface area contributed by atoms with E-state index in [-0.39, 0.29) is 11.9 Å². The summed E-state index contributed by atoms with van der Waals surface area (Å²) < 4.78 is 5.26. The van der Waals surface area contributed by atoms with Crippen molar-refractivity contribution in [3.8, 4) is 0 Å². The van der Waals surface area contributed by atoms with Crippen LogP contribution < -0.4 is 5.73 Å². The Balaban J connectivity index is 1.80. The maximum atomic E-state index is 12.2. The van der Waals surface area contributed by atoms with Crippen LogP contribution in [0.4, 0.5) is 5.13 Å². The van der Waals surface area contributed by atoms with E-state index in [0.29, 0.717) is 23.7 Å². The molecule has 2 aliphatic rings. The molecule has 0 unspecified atom stereocenters. The maximum Gasteiger partial charge on any atom is 0.310 e. The van der Waals surface area contributed by atoms with Crippen LogP contribution in [0.15, 0.2) is 0 Å². The minimum absolute atomic E-state index is 0.00489. The summed E-state index contributed by atoms with van der Waals surface area (Å²) in [5, 5.41) is 0.674. The number of carbonyl (C=O) groups is 1. The third kappa shape index (κ3) is 2.99. The van der Waals surface area contributed by atoms with E-state index in [1.807, 2.05) is 6.92 Å². The largest absolute Gasteiger partial charge is 0.466 e. The summed E-state index contributed by atoms with van der Waals surface area (Å²) in [5.41, 5.74) is 7.03. The number of nitrogen functional groups attached to an aromatic ring is 1. The van der Waals surface area contributed by atoms with Gasteiger partial charge in [-0.15, -0.1) is 11.3 Å². The fraction of sp³-hybridized carbons (Fsp3) is 0.750. The molecule has 2 N–H and O–H groups in total. The summed E-state index contributed by atoms with van der Waals surface area (Å²) in [5.74, 6) is 0.458. The molecule has 0 spiro atoms. The molecule has 2 heterocycles. The van der Waals surface area contributed by atoms with Crippen LogP contribution in [0.25, 0.3) is 0 Å². The number of nitrogens with two attached hydrogens (primary N) is 1. The molecule has 22 heavy (non-hydrogen) atoms. The van der Waals surface area contributed by atoms with Gasteiger partial charge in [-0.3, -0.25) is 9.69 Å². The van der Waals surface area contributed by atoms with Gasteiger partial charge in [0.05, 0.1) is 18.2 Å². The van der Waals surface area contributed by atoms with E-state index in [0.717, 1.165) is 44.5 Å². The lowest BCUT2D eigenvalue weighted by Crippen LogP contribution is -2.53. The number of nitrogens with zero attached hydrogens (tertiary/aromatic N) is 2. The van der Waals surface area contributed by atoms with Crippen molar-refractivity contribution in [2.45, 2.75) is 45.6 Å². The second-order valence-corrected chi connectivity index (χ2v) is 7.45. The second kappa shape index (κ2) is 6.54. The Labute approximate surface area is 135 Å². The number of ether oxygens (including phenoxy) is 1. The quantitative estimate of drug-likeness (QED) is 0.860. The van der Waals surface area contributed by atoms with Gasteiger partial charge in [-0.05, 0) is 45.1 Å². The highest BCUT2D eigenvalue weighted by Crippen LogP contribution is 2.39. The maximum absolute atomic E-state index is 12.2. The molecule has 1 saturated heterocycles. The summed E-state index contributed by atoms with van der Waals surface area (Å²) in [6, 6.07) is 0.526. The molecule has 1 aromatic rings. The third-order valence-electron chi connectivity index (χ3n) is 4.83. The highest BCUT2D eigenvalue weighted by Gasteiger charge is 2.42. The van der Waals surface area contributed by atoms with Gasteiger partial charge in [-0.25, -0.2) is 4.98 Å². The minimum atomic E-state index is -0.0364. The molecular formula is C16H25N3O2S. The average Bonchev–Trinajstić information content (AvgIpc) is 2.84. The molecule has 6 heteroatoms. The Morgan fingerprint density at radius 2 is 2.27 bits per heavy atom. The Morgan fingerprint density at radius 1 is 1.45 bits per heavy atom. The zero-order valence-electron chi connectivity index (χ0n) is 13.4. The van der Waals surface area contributed by atoms with Crippen molar-refractivity contribution in [2.75, 3.05) is 25.4 Å². The molecule has 0 aromatic carbocycles. The van der Waals surface area contributed by atoms with Crippen molar-refractivity contribution >= 4 is 22.4 Å². The Kier molecular flexibility index (Phi) is 4.68. The molecule has 0 amide bonds. The van der Waals surface area contributed by atoms with Gasteiger partial charge < -0.3 is 10.5 Å². The summed E-state index contributed by atoms with van der Waals surface area (Å²) in [6.07, 6.45) is 4.01. The number of rotatable bonds is 4. The summed E-state index contributed by atoms with van der Waals surface area (Å²) in [7, 11) is 0. The van der Waals surface area contributed by atoms with Crippen LogP contribution in [0, 0.1) is 11.8 Å². The van der Waals surface area contributed by atoms with Gasteiger partial charge >= 0.3 is 5.97 Å². The molecule has 1 aliphatic heterocycles. The summed E-state index contributed by atoms with van der Waals surface area (Å²) in [6.45, 7) is 6.41. The number of hydrogen-bond acceptors (Lipinski definition) is 6. The number of thiazole rings is 1. The Bertz CT molecular complexity index is 545. The van der Waals surface area contributed by atoms with Crippen molar-refractivity contribution in [3.05, 3.63) is 10.6 Å². The van der Waals surface area contributed by atoms with Gasteiger partial charge in [-0.2, -0.15) is 0 Å². The highest BCUT2D eigenvalue weighted by atomic mass is 32.1. The average molecular weight is 323 g/mol. The van der Waals surface area contributed by atoms with Crippen LogP contribution >= 0.6 is 11.3 Å². The lowest BCUT2D eigenvalue weighted by atomic mass is 9.75. The molecular weight excluding hydrogens is 298 g/mol. The van der Waals surface area contributed by atoms with Crippen LogP contribution in [0.5, 0.6) is 0 Å². The van der Waals surface area contributed by atoms with Crippen LogP contribution in [0.3, 0.4) is 0 Å². The standard InChI is InChI=1S/C16H25N3O2S/c1-3-5-19-9-11(15(20)21-4-2)6-10-7-12-14(8-13(10)19)22-16(17)18-12/h10-11,13H,3-9H2,1-2H3,(H2,17,18)/t10-,11-,13-/m0/s1. The second-order valence-electron chi connectivity index (χ2n) is 6.34. The van der Waals surface area contributed by atoms with E-state index >= 15 is 0 Å². The van der Waals surface area contributed by atoms with Gasteiger partial charge in [0.15, 0.2) is 5.13 Å². The van der Waals surface area contributed by atoms with Crippen LogP contribution in [-0.4, -0.2) is 41.6 Å². The number of esters is 1. The minimum Gasteiger partial charge on any atom is -0.466 e. The number of fused-ring (bicyclic) bond motifs is 2. The predicted octanol–water partition coefficient (Wildman–Crippen LogP) is 2.10. The van der Waals surface area contributed by atoms with Crippen molar-refractivity contribution in [1.82, 2.24) is 9.88 Å². The molecule has 1 aliphatic carbocycles. The van der Waals surface area contributed by atoms with Crippen LogP contribution in [0.2, 0.25) is 0 Å². The van der Waals surface area contributed by atoms with Crippen molar-refractivity contribution in [2.24, 2.45) is 11.8 Å². The van der Waals surface area contributed by atoms with E-state index in [1.165, 1.54) is 4.88 Å². The fourth-order valence-corrected chi connectivity index (χ4v) is 4.87. The molecule has 1 fully saturated rings. The molecule has 122 valence electrons. The summed E-state index contributed by atoms with van der Waals surface area (Å²) >= 11 is 1.63. The van der Waals surface area contributed by atoms with E-state index in [9.17, 15) is 4.79 Å². The Morgan fingerprint density at radius 3 is 3.00 bits per heavy atom. The lowest BCUT2D eigenvalue weighted by molar-refractivity contribution is -0.152. The molecule has 0 radical (unpaired) electrons. The highest BCUT2D eigenvalue weighted by molar-refractivity contribution is 7.15. The van der Waals surface area contributed by atoms with E-state index in [4.69, 9.17) is 10.5 Å². The van der Waals surface area contributed by atoms with Gasteiger partial charge in [0.1, 0.15) is 0 Å². The number of carbonyl (C=O) groups excluding carboxylic acids is 1. The topological polar surface area (TPSA) is 68.5 Å². The van der Waals surface area contributed by atoms with Crippen LogP contribution in [-0.2, 0) is 22.4 Å². The van der Waals surface area contributed by atoms with Gasteiger partial charge in [0.2, 0.25) is 0 Å². The van der Waals surface area contributed by atoms with Gasteiger partial charge in [0, 0.05) is 17.5 Å². The molecule has 5 nitrogen and oxygen atoms in total. The first kappa shape index (κ1) is 15.7. The Hall–Kier alpha value is -1.14. The fourth-order valence-electron chi connectivity index (χ4n) is 3.96. The summed E-state index contributed by atoms with van der Waals surface area (Å²) in [4.78, 5) is 20.5. The number of hydrogen-bond donors (Lipinski definition) is 1. The van der Waals surface area contributed by atoms with Gasteiger partial charge in [-0.1, -0.05) is 6.92 Å². The zero-order valence-corrected chi connectivity index (χ0v) is 14.2. The van der Waals surface area contributed by atoms with E-state index in [2.05, 4.69) is 16.8 Å². The monoisotopic (exact) mass is 323 g/mol. The number of piperidine rings is 1. The van der Waals surface area contributed by atoms with Crippen LogP contribution in [0.1, 0.15) is 37.3 Å². The third-order valence-corrected chi connectivity index (χ3v) is 5.78. The first-order valence-electron chi connectivity index (χ1n) is 8.27. The van der Waals surface area contributed by atoms with Gasteiger partial charge in [0.25, 0.3) is 0 Å². The van der Waals surface area contributed by atoms with Crippen molar-refractivity contribution < 1.29 is 9.53 Å². The smallest absolute Gasteiger partial charge is 0.310 e. The predicted molar refractivity (Wildman–Crippen MR) is 87.8 cm³/mol. The molecule has 0 bridgehead atoms.